The Morgan fingerprint density at radius 3 is 2.84 bits per heavy atom. The third-order valence-corrected chi connectivity index (χ3v) is 5.07. The molecule has 1 aromatic carbocycles. The highest BCUT2D eigenvalue weighted by Crippen LogP contribution is 2.33. The van der Waals surface area contributed by atoms with Gasteiger partial charge >= 0.3 is 5.97 Å². The molecule has 0 unspecified atom stereocenters. The molecule has 4 aromatic rings. The van der Waals surface area contributed by atoms with E-state index in [9.17, 15) is 4.79 Å². The molecule has 3 aromatic heterocycles. The van der Waals surface area contributed by atoms with Crippen molar-refractivity contribution in [1.29, 1.82) is 0 Å². The van der Waals surface area contributed by atoms with Crippen molar-refractivity contribution < 1.29 is 19.2 Å². The Morgan fingerprint density at radius 2 is 2.13 bits per heavy atom. The molecule has 8 nitrogen and oxygen atoms in total. The van der Waals surface area contributed by atoms with E-state index < -0.39 is 5.97 Å². The van der Waals surface area contributed by atoms with E-state index in [1.165, 1.54) is 0 Å². The molecule has 0 aliphatic carbocycles. The van der Waals surface area contributed by atoms with E-state index in [1.807, 2.05) is 49.9 Å². The van der Waals surface area contributed by atoms with Gasteiger partial charge in [0.1, 0.15) is 5.02 Å². The van der Waals surface area contributed by atoms with Gasteiger partial charge in [-0.25, -0.2) is 4.98 Å². The standard InChI is InChI=1S/C22H21ClN4O4/c1-12(2)30-22-17(23)10-14(11-24-22)21-25-20(26-31-21)16-6-4-13(5-7-18(28)29)15-8-9-27(3)19(15)16/h4,6,8-12H,5,7H2,1-3H3,(H,28,29). The predicted octanol–water partition coefficient (Wildman–Crippen LogP) is 4.75. The maximum absolute atomic E-state index is 11.0. The Bertz CT molecular complexity index is 1260. The number of aliphatic carboxylic acids is 1. The van der Waals surface area contributed by atoms with Crippen molar-refractivity contribution in [3.63, 3.8) is 0 Å². The molecule has 0 saturated carbocycles. The largest absolute Gasteiger partial charge is 0.481 e. The van der Waals surface area contributed by atoms with Crippen LogP contribution in [0.4, 0.5) is 0 Å². The van der Waals surface area contributed by atoms with Crippen molar-refractivity contribution in [3.05, 3.63) is 47.2 Å². The fourth-order valence-corrected chi connectivity index (χ4v) is 3.63. The zero-order chi connectivity index (χ0) is 22.1. The van der Waals surface area contributed by atoms with Crippen molar-refractivity contribution in [1.82, 2.24) is 19.7 Å². The van der Waals surface area contributed by atoms with Crippen LogP contribution in [0.15, 0.2) is 41.2 Å². The van der Waals surface area contributed by atoms with Crippen LogP contribution in [0.3, 0.4) is 0 Å². The first kappa shape index (κ1) is 20.9. The smallest absolute Gasteiger partial charge is 0.303 e. The van der Waals surface area contributed by atoms with E-state index in [1.54, 1.807) is 12.3 Å². The molecule has 1 N–H and O–H groups in total. The molecular weight excluding hydrogens is 420 g/mol. The van der Waals surface area contributed by atoms with E-state index in [0.717, 1.165) is 22.0 Å². The van der Waals surface area contributed by atoms with E-state index >= 15 is 0 Å². The summed E-state index contributed by atoms with van der Waals surface area (Å²) in [5.41, 5.74) is 3.24. The number of pyridine rings is 1. The summed E-state index contributed by atoms with van der Waals surface area (Å²) < 4.78 is 13.0. The average molecular weight is 441 g/mol. The molecule has 31 heavy (non-hydrogen) atoms. The van der Waals surface area contributed by atoms with Crippen molar-refractivity contribution >= 4 is 28.5 Å². The lowest BCUT2D eigenvalue weighted by molar-refractivity contribution is -0.136. The van der Waals surface area contributed by atoms with Crippen LogP contribution in [-0.4, -0.2) is 36.9 Å². The van der Waals surface area contributed by atoms with Crippen molar-refractivity contribution in [2.24, 2.45) is 7.05 Å². The lowest BCUT2D eigenvalue weighted by Gasteiger charge is -2.09. The quantitative estimate of drug-likeness (QED) is 0.442. The second kappa shape index (κ2) is 8.39. The zero-order valence-corrected chi connectivity index (χ0v) is 18.1. The first-order chi connectivity index (χ1) is 14.8. The number of carboxylic acid groups (broad SMARTS) is 1. The molecule has 0 spiro atoms. The molecular formula is C22H21ClN4O4. The molecule has 0 aliphatic rings. The molecule has 0 fully saturated rings. The van der Waals surface area contributed by atoms with Gasteiger partial charge in [-0.1, -0.05) is 22.8 Å². The lowest BCUT2D eigenvalue weighted by atomic mass is 10.0. The maximum Gasteiger partial charge on any atom is 0.303 e. The number of halogens is 1. The summed E-state index contributed by atoms with van der Waals surface area (Å²) in [6.45, 7) is 3.79. The van der Waals surface area contributed by atoms with Gasteiger partial charge < -0.3 is 18.9 Å². The highest BCUT2D eigenvalue weighted by Gasteiger charge is 2.18. The first-order valence-electron chi connectivity index (χ1n) is 9.79. The SMILES string of the molecule is CC(C)Oc1ncc(-c2nc(-c3ccc(CCC(=O)O)c4ccn(C)c34)no2)cc1Cl. The molecule has 9 heteroatoms. The van der Waals surface area contributed by atoms with Crippen LogP contribution in [0.1, 0.15) is 25.8 Å². The van der Waals surface area contributed by atoms with E-state index in [0.29, 0.717) is 28.7 Å². The van der Waals surface area contributed by atoms with Crippen molar-refractivity contribution in [2.45, 2.75) is 32.8 Å². The van der Waals surface area contributed by atoms with Gasteiger partial charge in [-0.15, -0.1) is 0 Å². The Morgan fingerprint density at radius 1 is 1.32 bits per heavy atom. The fourth-order valence-electron chi connectivity index (χ4n) is 3.42. The van der Waals surface area contributed by atoms with Gasteiger partial charge in [-0.2, -0.15) is 4.98 Å². The minimum Gasteiger partial charge on any atom is -0.481 e. The van der Waals surface area contributed by atoms with Gasteiger partial charge in [-0.05, 0) is 44.0 Å². The Kier molecular flexibility index (Phi) is 5.65. The van der Waals surface area contributed by atoms with Crippen molar-refractivity contribution in [3.8, 4) is 28.7 Å². The van der Waals surface area contributed by atoms with E-state index in [2.05, 4.69) is 15.1 Å². The summed E-state index contributed by atoms with van der Waals surface area (Å²) in [5, 5.41) is 14.5. The molecule has 160 valence electrons. The number of ether oxygens (including phenoxy) is 1. The minimum absolute atomic E-state index is 0.0444. The number of benzene rings is 1. The van der Waals surface area contributed by atoms with Crippen molar-refractivity contribution in [2.75, 3.05) is 0 Å². The van der Waals surface area contributed by atoms with Gasteiger partial charge in [0.05, 0.1) is 17.2 Å². The molecule has 0 saturated heterocycles. The number of rotatable bonds is 7. The van der Waals surface area contributed by atoms with Gasteiger partial charge in [0, 0.05) is 36.8 Å². The third-order valence-electron chi connectivity index (χ3n) is 4.80. The number of carbonyl (C=O) groups is 1. The minimum atomic E-state index is -0.826. The predicted molar refractivity (Wildman–Crippen MR) is 116 cm³/mol. The molecule has 0 radical (unpaired) electrons. The number of nitrogens with zero attached hydrogens (tertiary/aromatic N) is 4. The number of fused-ring (bicyclic) bond motifs is 1. The monoisotopic (exact) mass is 440 g/mol. The van der Waals surface area contributed by atoms with Gasteiger partial charge in [0.2, 0.25) is 11.7 Å². The van der Waals surface area contributed by atoms with Gasteiger partial charge in [0.15, 0.2) is 0 Å². The highest BCUT2D eigenvalue weighted by atomic mass is 35.5. The van der Waals surface area contributed by atoms with Crippen LogP contribution in [-0.2, 0) is 18.3 Å². The molecule has 0 atom stereocenters. The second-order valence-corrected chi connectivity index (χ2v) is 7.86. The van der Waals surface area contributed by atoms with E-state index in [4.69, 9.17) is 26.0 Å². The topological polar surface area (TPSA) is 103 Å². The fraction of sp³-hybridized carbons (Fsp3) is 0.273. The van der Waals surface area contributed by atoms with Crippen LogP contribution >= 0.6 is 11.6 Å². The normalized spacial score (nSPS) is 11.4. The summed E-state index contributed by atoms with van der Waals surface area (Å²) in [4.78, 5) is 19.8. The Balaban J connectivity index is 1.69. The molecule has 0 aliphatic heterocycles. The lowest BCUT2D eigenvalue weighted by Crippen LogP contribution is -2.07. The van der Waals surface area contributed by atoms with Crippen LogP contribution in [0.25, 0.3) is 33.7 Å². The summed E-state index contributed by atoms with van der Waals surface area (Å²) in [7, 11) is 1.92. The average Bonchev–Trinajstić information content (AvgIpc) is 3.35. The number of carboxylic acids is 1. The Labute approximate surface area is 183 Å². The van der Waals surface area contributed by atoms with Gasteiger partial charge in [-0.3, -0.25) is 4.79 Å². The third kappa shape index (κ3) is 4.25. The summed E-state index contributed by atoms with van der Waals surface area (Å²) in [6, 6.07) is 7.44. The van der Waals surface area contributed by atoms with Crippen LogP contribution in [0.2, 0.25) is 5.02 Å². The van der Waals surface area contributed by atoms with Crippen LogP contribution < -0.4 is 4.74 Å². The second-order valence-electron chi connectivity index (χ2n) is 7.46. The molecule has 0 bridgehead atoms. The summed E-state index contributed by atoms with van der Waals surface area (Å²) in [5.74, 6) is 0.235. The number of hydrogen-bond donors (Lipinski definition) is 1. The first-order valence-corrected chi connectivity index (χ1v) is 10.2. The number of aromatic nitrogens is 4. The molecule has 3 heterocycles. The Hall–Kier alpha value is -3.39. The summed E-state index contributed by atoms with van der Waals surface area (Å²) in [6.07, 6.45) is 3.98. The number of hydrogen-bond acceptors (Lipinski definition) is 6. The number of aryl methyl sites for hydroxylation is 2. The molecule has 0 amide bonds. The summed E-state index contributed by atoms with van der Waals surface area (Å²) >= 11 is 6.28. The molecule has 4 rings (SSSR count). The van der Waals surface area contributed by atoms with E-state index in [-0.39, 0.29) is 18.4 Å². The van der Waals surface area contributed by atoms with Gasteiger partial charge in [0.25, 0.3) is 5.89 Å². The highest BCUT2D eigenvalue weighted by molar-refractivity contribution is 6.32. The van der Waals surface area contributed by atoms with Crippen LogP contribution in [0.5, 0.6) is 5.88 Å². The maximum atomic E-state index is 11.0. The van der Waals surface area contributed by atoms with Crippen LogP contribution in [0, 0.1) is 0 Å². The zero-order valence-electron chi connectivity index (χ0n) is 17.3.